The van der Waals surface area contributed by atoms with Crippen molar-refractivity contribution in [1.29, 1.82) is 0 Å². The first-order valence-corrected chi connectivity index (χ1v) is 6.19. The largest absolute Gasteiger partial charge is 0.487 e. The van der Waals surface area contributed by atoms with E-state index in [1.54, 1.807) is 6.07 Å². The minimum atomic E-state index is -1.46. The van der Waals surface area contributed by atoms with Crippen molar-refractivity contribution in [2.75, 3.05) is 20.1 Å². The van der Waals surface area contributed by atoms with Crippen molar-refractivity contribution < 1.29 is 19.4 Å². The van der Waals surface area contributed by atoms with Crippen molar-refractivity contribution in [2.24, 2.45) is 0 Å². The monoisotopic (exact) mass is 313 g/mol. The number of carbonyl (C=O) groups excluding carboxylic acids is 1. The summed E-state index contributed by atoms with van der Waals surface area (Å²) in [5.74, 6) is -1.77. The highest BCUT2D eigenvalue weighted by Gasteiger charge is 2.25. The standard InChI is InChI=1S/C12H12BrNO4/c1-14-5-8(6-14)18-10-3-2-7(4-9(10)13)11(15)12(16)17/h2-4,8H,5-6H2,1H3,(H,16,17). The van der Waals surface area contributed by atoms with E-state index in [1.807, 2.05) is 7.05 Å². The van der Waals surface area contributed by atoms with Gasteiger partial charge < -0.3 is 9.84 Å². The van der Waals surface area contributed by atoms with Crippen LogP contribution in [0.1, 0.15) is 10.4 Å². The number of Topliss-reactive ketones (excluding diaryl/α,β-unsaturated/α-hetero) is 1. The zero-order valence-corrected chi connectivity index (χ0v) is 11.3. The van der Waals surface area contributed by atoms with Gasteiger partial charge in [0, 0.05) is 18.7 Å². The summed E-state index contributed by atoms with van der Waals surface area (Å²) in [5, 5.41) is 8.62. The summed E-state index contributed by atoms with van der Waals surface area (Å²) in [5.41, 5.74) is 0.132. The Hall–Kier alpha value is -1.40. The number of rotatable bonds is 4. The molecule has 6 heteroatoms. The number of hydrogen-bond acceptors (Lipinski definition) is 4. The number of carbonyl (C=O) groups is 2. The van der Waals surface area contributed by atoms with Crippen LogP contribution in [0.2, 0.25) is 0 Å². The summed E-state index contributed by atoms with van der Waals surface area (Å²) in [6.45, 7) is 1.73. The summed E-state index contributed by atoms with van der Waals surface area (Å²) >= 11 is 3.28. The molecule has 1 fully saturated rings. The third-order valence-corrected chi connectivity index (χ3v) is 3.33. The van der Waals surface area contributed by atoms with E-state index in [-0.39, 0.29) is 11.7 Å². The fraction of sp³-hybridized carbons (Fsp3) is 0.333. The molecule has 96 valence electrons. The Kier molecular flexibility index (Phi) is 3.68. The molecule has 0 unspecified atom stereocenters. The third kappa shape index (κ3) is 2.70. The second-order valence-electron chi connectivity index (χ2n) is 4.24. The maximum absolute atomic E-state index is 11.3. The van der Waals surface area contributed by atoms with E-state index >= 15 is 0 Å². The van der Waals surface area contributed by atoms with Crippen molar-refractivity contribution >= 4 is 27.7 Å². The molecule has 0 spiro atoms. The number of likely N-dealkylation sites (tertiary alicyclic amines) is 1. The molecule has 0 bridgehead atoms. The summed E-state index contributed by atoms with van der Waals surface area (Å²) in [7, 11) is 2.00. The summed E-state index contributed by atoms with van der Waals surface area (Å²) in [4.78, 5) is 24.0. The molecule has 1 heterocycles. The molecule has 0 aromatic heterocycles. The first-order valence-electron chi connectivity index (χ1n) is 5.39. The number of likely N-dealkylation sites (N-methyl/N-ethyl adjacent to an activating group) is 1. The molecule has 1 N–H and O–H groups in total. The Balaban J connectivity index is 2.10. The number of nitrogens with zero attached hydrogens (tertiary/aromatic N) is 1. The molecule has 1 saturated heterocycles. The Morgan fingerprint density at radius 1 is 1.44 bits per heavy atom. The lowest BCUT2D eigenvalue weighted by atomic mass is 10.1. The molecule has 0 aliphatic carbocycles. The van der Waals surface area contributed by atoms with Gasteiger partial charge in [-0.2, -0.15) is 0 Å². The summed E-state index contributed by atoms with van der Waals surface area (Å²) in [6.07, 6.45) is 0.146. The fourth-order valence-corrected chi connectivity index (χ4v) is 2.23. The lowest BCUT2D eigenvalue weighted by Gasteiger charge is -2.36. The van der Waals surface area contributed by atoms with E-state index < -0.39 is 11.8 Å². The lowest BCUT2D eigenvalue weighted by molar-refractivity contribution is -0.131. The van der Waals surface area contributed by atoms with E-state index in [0.717, 1.165) is 13.1 Å². The minimum Gasteiger partial charge on any atom is -0.487 e. The highest BCUT2D eigenvalue weighted by molar-refractivity contribution is 9.10. The number of carboxylic acids is 1. The number of aliphatic carboxylic acids is 1. The highest BCUT2D eigenvalue weighted by atomic mass is 79.9. The maximum Gasteiger partial charge on any atom is 0.377 e. The van der Waals surface area contributed by atoms with Crippen LogP contribution in [0.25, 0.3) is 0 Å². The molecule has 18 heavy (non-hydrogen) atoms. The van der Waals surface area contributed by atoms with Crippen molar-refractivity contribution in [3.05, 3.63) is 28.2 Å². The smallest absolute Gasteiger partial charge is 0.377 e. The number of ketones is 1. The Labute approximate surface area is 112 Å². The number of carboxylic acid groups (broad SMARTS) is 1. The second-order valence-corrected chi connectivity index (χ2v) is 5.09. The Morgan fingerprint density at radius 2 is 2.11 bits per heavy atom. The van der Waals surface area contributed by atoms with Gasteiger partial charge >= 0.3 is 5.97 Å². The van der Waals surface area contributed by atoms with Crippen LogP contribution in [0.3, 0.4) is 0 Å². The summed E-state index contributed by atoms with van der Waals surface area (Å²) in [6, 6.07) is 4.53. The second kappa shape index (κ2) is 5.07. The van der Waals surface area contributed by atoms with Crippen molar-refractivity contribution in [3.8, 4) is 5.75 Å². The average Bonchev–Trinajstić information content (AvgIpc) is 2.28. The fourth-order valence-electron chi connectivity index (χ4n) is 1.76. The predicted octanol–water partition coefficient (Wildman–Crippen LogP) is 1.41. The molecule has 1 aromatic rings. The van der Waals surface area contributed by atoms with Crippen molar-refractivity contribution in [2.45, 2.75) is 6.10 Å². The van der Waals surface area contributed by atoms with Gasteiger partial charge in [0.05, 0.1) is 4.47 Å². The molecule has 0 amide bonds. The van der Waals surface area contributed by atoms with Crippen LogP contribution >= 0.6 is 15.9 Å². The number of halogens is 1. The van der Waals surface area contributed by atoms with Gasteiger partial charge in [-0.25, -0.2) is 4.79 Å². The number of hydrogen-bond donors (Lipinski definition) is 1. The van der Waals surface area contributed by atoms with Gasteiger partial charge in [0.2, 0.25) is 0 Å². The van der Waals surface area contributed by atoms with Crippen molar-refractivity contribution in [3.63, 3.8) is 0 Å². The summed E-state index contributed by atoms with van der Waals surface area (Å²) < 4.78 is 6.29. The number of ether oxygens (including phenoxy) is 1. The van der Waals surface area contributed by atoms with Gasteiger partial charge in [0.1, 0.15) is 11.9 Å². The van der Waals surface area contributed by atoms with Crippen molar-refractivity contribution in [1.82, 2.24) is 4.90 Å². The van der Waals surface area contributed by atoms with E-state index in [9.17, 15) is 9.59 Å². The van der Waals surface area contributed by atoms with E-state index in [1.165, 1.54) is 12.1 Å². The van der Waals surface area contributed by atoms with Gasteiger partial charge in [-0.15, -0.1) is 0 Å². The Morgan fingerprint density at radius 3 is 2.61 bits per heavy atom. The van der Waals surface area contributed by atoms with Crippen LogP contribution in [0.5, 0.6) is 5.75 Å². The van der Waals surface area contributed by atoms with Crippen LogP contribution in [-0.4, -0.2) is 48.0 Å². The quantitative estimate of drug-likeness (QED) is 0.672. The van der Waals surface area contributed by atoms with E-state index in [2.05, 4.69) is 20.8 Å². The predicted molar refractivity (Wildman–Crippen MR) is 68.0 cm³/mol. The molecular weight excluding hydrogens is 302 g/mol. The highest BCUT2D eigenvalue weighted by Crippen LogP contribution is 2.28. The van der Waals surface area contributed by atoms with Crippen LogP contribution in [-0.2, 0) is 4.79 Å². The first-order chi connectivity index (χ1) is 8.47. The normalized spacial score (nSPS) is 16.1. The molecule has 5 nitrogen and oxygen atoms in total. The minimum absolute atomic E-state index is 0.132. The van der Waals surface area contributed by atoms with Crippen LogP contribution in [0, 0.1) is 0 Å². The Bertz CT molecular complexity index is 497. The third-order valence-electron chi connectivity index (χ3n) is 2.71. The molecule has 0 saturated carbocycles. The molecule has 1 aliphatic heterocycles. The zero-order chi connectivity index (χ0) is 13.3. The molecule has 1 aromatic carbocycles. The maximum atomic E-state index is 11.3. The first kappa shape index (κ1) is 13.0. The van der Waals surface area contributed by atoms with Gasteiger partial charge in [-0.1, -0.05) is 0 Å². The lowest BCUT2D eigenvalue weighted by Crippen LogP contribution is -2.51. The van der Waals surface area contributed by atoms with Crippen LogP contribution < -0.4 is 4.74 Å². The topological polar surface area (TPSA) is 66.8 Å². The SMILES string of the molecule is CN1CC(Oc2ccc(C(=O)C(=O)O)cc2Br)C1. The zero-order valence-electron chi connectivity index (χ0n) is 9.72. The van der Waals surface area contributed by atoms with Crippen LogP contribution in [0.15, 0.2) is 22.7 Å². The van der Waals surface area contributed by atoms with Gasteiger partial charge in [0.25, 0.3) is 5.78 Å². The molecule has 2 rings (SSSR count). The van der Waals surface area contributed by atoms with E-state index in [0.29, 0.717) is 10.2 Å². The van der Waals surface area contributed by atoms with Gasteiger partial charge in [0.15, 0.2) is 0 Å². The average molecular weight is 314 g/mol. The molecular formula is C12H12BrNO4. The van der Waals surface area contributed by atoms with E-state index in [4.69, 9.17) is 9.84 Å². The van der Waals surface area contributed by atoms with Crippen LogP contribution in [0.4, 0.5) is 0 Å². The van der Waals surface area contributed by atoms with Gasteiger partial charge in [-0.3, -0.25) is 9.69 Å². The van der Waals surface area contributed by atoms with Gasteiger partial charge in [-0.05, 0) is 41.2 Å². The molecule has 0 atom stereocenters. The molecule has 0 radical (unpaired) electrons. The number of benzene rings is 1. The molecule has 1 aliphatic rings.